The molecule has 6 heteroatoms. The molecule has 1 aliphatic rings. The predicted molar refractivity (Wildman–Crippen MR) is 135 cm³/mol. The van der Waals surface area contributed by atoms with Gasteiger partial charge in [0.15, 0.2) is 0 Å². The van der Waals surface area contributed by atoms with Crippen LogP contribution >= 0.6 is 27.7 Å². The lowest BCUT2D eigenvalue weighted by atomic mass is 10.1. The van der Waals surface area contributed by atoms with E-state index in [0.717, 1.165) is 27.0 Å². The Labute approximate surface area is 200 Å². The van der Waals surface area contributed by atoms with Crippen molar-refractivity contribution < 1.29 is 9.59 Å². The molecule has 0 unspecified atom stereocenters. The number of hydrogen-bond acceptors (Lipinski definition) is 3. The Balaban J connectivity index is 1.48. The molecule has 2 amide bonds. The molecule has 32 heavy (non-hydrogen) atoms. The zero-order valence-electron chi connectivity index (χ0n) is 17.7. The van der Waals surface area contributed by atoms with Gasteiger partial charge in [0.2, 0.25) is 5.91 Å². The molecule has 0 spiro atoms. The molecule has 4 rings (SSSR count). The second-order valence-electron chi connectivity index (χ2n) is 7.61. The zero-order valence-corrected chi connectivity index (χ0v) is 20.1. The van der Waals surface area contributed by atoms with Gasteiger partial charge in [-0.2, -0.15) is 0 Å². The molecule has 4 nitrogen and oxygen atoms in total. The van der Waals surface area contributed by atoms with Crippen molar-refractivity contribution in [2.75, 3.05) is 18.0 Å². The van der Waals surface area contributed by atoms with Crippen molar-refractivity contribution in [3.8, 4) is 0 Å². The number of para-hydroxylation sites is 1. The number of fused-ring (bicyclic) bond motifs is 1. The molecule has 0 aliphatic carbocycles. The summed E-state index contributed by atoms with van der Waals surface area (Å²) >= 11 is 4.91. The monoisotopic (exact) mass is 506 g/mol. The second kappa shape index (κ2) is 10.2. The van der Waals surface area contributed by atoms with Crippen LogP contribution in [0.2, 0.25) is 0 Å². The van der Waals surface area contributed by atoms with Crippen molar-refractivity contribution in [3.05, 3.63) is 98.9 Å². The highest BCUT2D eigenvalue weighted by Crippen LogP contribution is 2.41. The lowest BCUT2D eigenvalue weighted by Crippen LogP contribution is -2.43. The summed E-state index contributed by atoms with van der Waals surface area (Å²) in [5.41, 5.74) is 4.08. The molecule has 1 heterocycles. The smallest absolute Gasteiger partial charge is 0.265 e. The van der Waals surface area contributed by atoms with Gasteiger partial charge in [-0.05, 0) is 54.8 Å². The highest BCUT2D eigenvalue weighted by Gasteiger charge is 2.30. The minimum Gasteiger partial charge on any atom is -0.354 e. The number of benzene rings is 3. The summed E-state index contributed by atoms with van der Waals surface area (Å²) in [6.07, 6.45) is 2.62. The summed E-state index contributed by atoms with van der Waals surface area (Å²) in [7, 11) is 0. The number of carbonyl (C=O) groups excluding carboxylic acids is 2. The van der Waals surface area contributed by atoms with Gasteiger partial charge >= 0.3 is 0 Å². The van der Waals surface area contributed by atoms with Crippen molar-refractivity contribution in [3.63, 3.8) is 0 Å². The van der Waals surface area contributed by atoms with Crippen LogP contribution in [0, 0.1) is 6.92 Å². The van der Waals surface area contributed by atoms with E-state index in [0.29, 0.717) is 11.4 Å². The van der Waals surface area contributed by atoms with E-state index in [1.807, 2.05) is 60.7 Å². The van der Waals surface area contributed by atoms with Crippen LogP contribution in [0.5, 0.6) is 0 Å². The molecule has 0 saturated heterocycles. The molecular formula is C26H23BrN2O2S. The topological polar surface area (TPSA) is 49.4 Å². The summed E-state index contributed by atoms with van der Waals surface area (Å²) in [5, 5.41) is 2.96. The van der Waals surface area contributed by atoms with Gasteiger partial charge in [-0.3, -0.25) is 14.5 Å². The number of hydrogen-bond donors (Lipinski definition) is 1. The largest absolute Gasteiger partial charge is 0.354 e. The predicted octanol–water partition coefficient (Wildman–Crippen LogP) is 5.60. The molecule has 0 bridgehead atoms. The molecule has 0 saturated carbocycles. The molecule has 0 fully saturated rings. The van der Waals surface area contributed by atoms with Crippen molar-refractivity contribution in [2.45, 2.75) is 18.2 Å². The van der Waals surface area contributed by atoms with E-state index in [-0.39, 0.29) is 18.4 Å². The Morgan fingerprint density at radius 3 is 2.69 bits per heavy atom. The van der Waals surface area contributed by atoms with E-state index in [1.165, 1.54) is 22.9 Å². The molecule has 0 atom stereocenters. The minimum absolute atomic E-state index is 0.0138. The fraction of sp³-hybridized carbons (Fsp3) is 0.154. The first kappa shape index (κ1) is 22.4. The number of thioether (sulfide) groups is 1. The Bertz CT molecular complexity index is 1190. The molecule has 1 aliphatic heterocycles. The fourth-order valence-electron chi connectivity index (χ4n) is 3.58. The number of anilines is 1. The Hall–Kier alpha value is -2.83. The quantitative estimate of drug-likeness (QED) is 0.443. The van der Waals surface area contributed by atoms with E-state index < -0.39 is 0 Å². The van der Waals surface area contributed by atoms with E-state index in [4.69, 9.17) is 0 Å². The van der Waals surface area contributed by atoms with Crippen LogP contribution in [0.25, 0.3) is 6.08 Å². The average molecular weight is 507 g/mol. The van der Waals surface area contributed by atoms with Crippen LogP contribution in [0.15, 0.2) is 87.1 Å². The van der Waals surface area contributed by atoms with Crippen LogP contribution in [-0.2, 0) is 16.0 Å². The molecule has 162 valence electrons. The average Bonchev–Trinajstić information content (AvgIpc) is 2.77. The number of nitrogens with zero attached hydrogens (tertiary/aromatic N) is 1. The third-order valence-corrected chi connectivity index (χ3v) is 6.67. The lowest BCUT2D eigenvalue weighted by Gasteiger charge is -2.29. The lowest BCUT2D eigenvalue weighted by molar-refractivity contribution is -0.122. The molecule has 3 aromatic carbocycles. The van der Waals surface area contributed by atoms with E-state index >= 15 is 0 Å². The molecule has 0 radical (unpaired) electrons. The first-order valence-electron chi connectivity index (χ1n) is 10.4. The molecule has 1 N–H and O–H groups in total. The van der Waals surface area contributed by atoms with Crippen molar-refractivity contribution >= 4 is 51.3 Å². The summed E-state index contributed by atoms with van der Waals surface area (Å²) in [5.74, 6) is -0.336. The standard InChI is InChI=1S/C26H23BrN2O2S/c1-18-6-4-7-19(14-18)12-13-28-25(30)17-29-22-10-2-3-11-23(22)32-24(26(29)31)16-20-8-5-9-21(27)15-20/h2-11,14-16H,12-13,17H2,1H3,(H,28,30). The maximum Gasteiger partial charge on any atom is 0.265 e. The normalized spacial score (nSPS) is 14.4. The Morgan fingerprint density at radius 2 is 1.88 bits per heavy atom. The first-order valence-corrected chi connectivity index (χ1v) is 12.0. The van der Waals surface area contributed by atoms with Gasteiger partial charge in [0.1, 0.15) is 6.54 Å². The maximum absolute atomic E-state index is 13.3. The number of rotatable bonds is 6. The SMILES string of the molecule is Cc1cccc(CCNC(=O)CN2C(=O)C(=Cc3cccc(Br)c3)Sc3ccccc32)c1. The van der Waals surface area contributed by atoms with Crippen LogP contribution < -0.4 is 10.2 Å². The van der Waals surface area contributed by atoms with Gasteiger partial charge in [0, 0.05) is 15.9 Å². The van der Waals surface area contributed by atoms with Gasteiger partial charge < -0.3 is 5.32 Å². The van der Waals surface area contributed by atoms with E-state index in [2.05, 4.69) is 46.4 Å². The summed E-state index contributed by atoms with van der Waals surface area (Å²) in [6, 6.07) is 23.7. The van der Waals surface area contributed by atoms with Crippen molar-refractivity contribution in [2.24, 2.45) is 0 Å². The highest BCUT2D eigenvalue weighted by molar-refractivity contribution is 9.10. The van der Waals surface area contributed by atoms with Crippen LogP contribution in [0.4, 0.5) is 5.69 Å². The Morgan fingerprint density at radius 1 is 1.06 bits per heavy atom. The summed E-state index contributed by atoms with van der Waals surface area (Å²) in [4.78, 5) is 29.1. The van der Waals surface area contributed by atoms with Gasteiger partial charge in [-0.15, -0.1) is 0 Å². The maximum atomic E-state index is 13.3. The fourth-order valence-corrected chi connectivity index (χ4v) is 5.06. The van der Waals surface area contributed by atoms with Crippen molar-refractivity contribution in [1.29, 1.82) is 0 Å². The van der Waals surface area contributed by atoms with E-state index in [9.17, 15) is 9.59 Å². The first-order chi connectivity index (χ1) is 15.5. The van der Waals surface area contributed by atoms with Crippen LogP contribution in [0.3, 0.4) is 0 Å². The van der Waals surface area contributed by atoms with Crippen LogP contribution in [-0.4, -0.2) is 24.9 Å². The third kappa shape index (κ3) is 5.50. The molecular weight excluding hydrogens is 484 g/mol. The number of amides is 2. The van der Waals surface area contributed by atoms with Gasteiger partial charge in [0.25, 0.3) is 5.91 Å². The van der Waals surface area contributed by atoms with Crippen molar-refractivity contribution in [1.82, 2.24) is 5.32 Å². The van der Waals surface area contributed by atoms with Gasteiger partial charge in [0.05, 0.1) is 10.6 Å². The number of nitrogens with one attached hydrogen (secondary N) is 1. The molecule has 0 aromatic heterocycles. The minimum atomic E-state index is -0.172. The number of carbonyl (C=O) groups is 2. The summed E-state index contributed by atoms with van der Waals surface area (Å²) < 4.78 is 0.949. The Kier molecular flexibility index (Phi) is 7.12. The van der Waals surface area contributed by atoms with Gasteiger partial charge in [-0.1, -0.05) is 81.8 Å². The number of aryl methyl sites for hydroxylation is 1. The number of halogens is 1. The highest BCUT2D eigenvalue weighted by atomic mass is 79.9. The van der Waals surface area contributed by atoms with Crippen LogP contribution in [0.1, 0.15) is 16.7 Å². The zero-order chi connectivity index (χ0) is 22.5. The molecule has 3 aromatic rings. The second-order valence-corrected chi connectivity index (χ2v) is 9.61. The van der Waals surface area contributed by atoms with Gasteiger partial charge in [-0.25, -0.2) is 0 Å². The van der Waals surface area contributed by atoms with E-state index in [1.54, 1.807) is 4.90 Å². The summed E-state index contributed by atoms with van der Waals surface area (Å²) in [6.45, 7) is 2.57. The third-order valence-electron chi connectivity index (χ3n) is 5.10.